The number of rotatable bonds is 3. The molecule has 146 valence electrons. The highest BCUT2D eigenvalue weighted by atomic mass is 35.5. The average molecular weight is 403 g/mol. The van der Waals surface area contributed by atoms with Crippen LogP contribution in [0.5, 0.6) is 11.5 Å². The van der Waals surface area contributed by atoms with E-state index in [0.29, 0.717) is 31.9 Å². The molecule has 0 aliphatic carbocycles. The number of anilines is 1. The number of nitrogens with one attached hydrogen (secondary N) is 1. The first kappa shape index (κ1) is 18.5. The zero-order valence-electron chi connectivity index (χ0n) is 15.1. The predicted molar refractivity (Wildman–Crippen MR) is 102 cm³/mol. The summed E-state index contributed by atoms with van der Waals surface area (Å²) >= 11 is 5.92. The van der Waals surface area contributed by atoms with Gasteiger partial charge in [-0.25, -0.2) is 4.98 Å². The smallest absolute Gasteiger partial charge is 0.313 e. The summed E-state index contributed by atoms with van der Waals surface area (Å²) in [5.41, 5.74) is 1.44. The van der Waals surface area contributed by atoms with Gasteiger partial charge in [0.2, 0.25) is 6.79 Å². The van der Waals surface area contributed by atoms with Gasteiger partial charge in [-0.1, -0.05) is 17.7 Å². The standard InChI is InChI=1S/C19H19ClN4O4/c20-17-14(2-1-5-21-17)22-18(25)19(26)24-8-6-23(7-9-24)11-13-3-4-15-16(10-13)28-12-27-15/h1-5,10H,6-9,11-12H2,(H,22,25). The number of ether oxygens (including phenoxy) is 2. The highest BCUT2D eigenvalue weighted by Gasteiger charge is 2.26. The second kappa shape index (κ2) is 8.04. The lowest BCUT2D eigenvalue weighted by Gasteiger charge is -2.34. The van der Waals surface area contributed by atoms with E-state index < -0.39 is 11.8 Å². The molecule has 2 aliphatic heterocycles. The number of fused-ring (bicyclic) bond motifs is 1. The van der Waals surface area contributed by atoms with E-state index in [9.17, 15) is 9.59 Å². The van der Waals surface area contributed by atoms with Crippen molar-refractivity contribution < 1.29 is 19.1 Å². The molecule has 2 amide bonds. The largest absolute Gasteiger partial charge is 0.454 e. The van der Waals surface area contributed by atoms with Gasteiger partial charge in [0.05, 0.1) is 5.69 Å². The summed E-state index contributed by atoms with van der Waals surface area (Å²) in [6.07, 6.45) is 1.51. The zero-order valence-corrected chi connectivity index (χ0v) is 15.8. The maximum Gasteiger partial charge on any atom is 0.313 e. The minimum absolute atomic E-state index is 0.150. The number of amides is 2. The quantitative estimate of drug-likeness (QED) is 0.622. The summed E-state index contributed by atoms with van der Waals surface area (Å²) in [7, 11) is 0. The highest BCUT2D eigenvalue weighted by Crippen LogP contribution is 2.32. The number of carbonyl (C=O) groups excluding carboxylic acids is 2. The van der Waals surface area contributed by atoms with Crippen molar-refractivity contribution in [3.63, 3.8) is 0 Å². The first-order chi connectivity index (χ1) is 13.6. The van der Waals surface area contributed by atoms with Gasteiger partial charge < -0.3 is 19.7 Å². The van der Waals surface area contributed by atoms with Crippen molar-refractivity contribution in [2.24, 2.45) is 0 Å². The summed E-state index contributed by atoms with van der Waals surface area (Å²) in [4.78, 5) is 32.3. The van der Waals surface area contributed by atoms with Gasteiger partial charge in [0, 0.05) is 38.9 Å². The molecule has 0 unspecified atom stereocenters. The van der Waals surface area contributed by atoms with E-state index in [1.165, 1.54) is 6.20 Å². The highest BCUT2D eigenvalue weighted by molar-refractivity contribution is 6.41. The molecule has 3 heterocycles. The second-order valence-electron chi connectivity index (χ2n) is 6.55. The molecule has 0 saturated carbocycles. The van der Waals surface area contributed by atoms with E-state index in [1.54, 1.807) is 17.0 Å². The van der Waals surface area contributed by atoms with Crippen molar-refractivity contribution in [3.05, 3.63) is 47.2 Å². The van der Waals surface area contributed by atoms with Crippen LogP contribution in [0.3, 0.4) is 0 Å². The molecular formula is C19H19ClN4O4. The molecule has 4 rings (SSSR count). The number of halogens is 1. The Labute approximate surface area is 167 Å². The molecule has 1 N–H and O–H groups in total. The molecule has 2 aliphatic rings. The molecular weight excluding hydrogens is 384 g/mol. The fourth-order valence-electron chi connectivity index (χ4n) is 3.21. The Kier molecular flexibility index (Phi) is 5.31. The number of hydrogen-bond acceptors (Lipinski definition) is 6. The van der Waals surface area contributed by atoms with Gasteiger partial charge in [-0.05, 0) is 29.8 Å². The van der Waals surface area contributed by atoms with Crippen molar-refractivity contribution in [2.45, 2.75) is 6.54 Å². The van der Waals surface area contributed by atoms with Crippen molar-refractivity contribution in [3.8, 4) is 11.5 Å². The Balaban J connectivity index is 1.29. The minimum Gasteiger partial charge on any atom is -0.454 e. The number of piperazine rings is 1. The molecule has 1 aromatic heterocycles. The molecule has 8 nitrogen and oxygen atoms in total. The number of nitrogens with zero attached hydrogens (tertiary/aromatic N) is 3. The van der Waals surface area contributed by atoms with Gasteiger partial charge >= 0.3 is 11.8 Å². The Bertz CT molecular complexity index is 899. The Morgan fingerprint density at radius 1 is 1.11 bits per heavy atom. The Morgan fingerprint density at radius 3 is 2.68 bits per heavy atom. The Hall–Kier alpha value is -2.84. The molecule has 0 atom stereocenters. The number of pyridine rings is 1. The number of carbonyl (C=O) groups is 2. The molecule has 1 saturated heterocycles. The summed E-state index contributed by atoms with van der Waals surface area (Å²) in [6, 6.07) is 9.14. The van der Waals surface area contributed by atoms with Crippen LogP contribution in [0.25, 0.3) is 0 Å². The van der Waals surface area contributed by atoms with Gasteiger partial charge in [-0.2, -0.15) is 0 Å². The minimum atomic E-state index is -0.709. The lowest BCUT2D eigenvalue weighted by atomic mass is 10.1. The van der Waals surface area contributed by atoms with Crippen LogP contribution >= 0.6 is 11.6 Å². The van der Waals surface area contributed by atoms with E-state index in [1.807, 2.05) is 18.2 Å². The lowest BCUT2D eigenvalue weighted by molar-refractivity contribution is -0.144. The van der Waals surface area contributed by atoms with Crippen molar-refractivity contribution in [1.82, 2.24) is 14.8 Å². The zero-order chi connectivity index (χ0) is 19.5. The van der Waals surface area contributed by atoms with Crippen LogP contribution in [0.15, 0.2) is 36.5 Å². The van der Waals surface area contributed by atoms with E-state index in [4.69, 9.17) is 21.1 Å². The molecule has 9 heteroatoms. The van der Waals surface area contributed by atoms with E-state index in [2.05, 4.69) is 15.2 Å². The first-order valence-corrected chi connectivity index (χ1v) is 9.29. The third-order valence-electron chi connectivity index (χ3n) is 4.70. The topological polar surface area (TPSA) is 84.0 Å². The second-order valence-corrected chi connectivity index (χ2v) is 6.91. The molecule has 0 spiro atoms. The third kappa shape index (κ3) is 4.02. The van der Waals surface area contributed by atoms with Crippen LogP contribution in [0.4, 0.5) is 5.69 Å². The Morgan fingerprint density at radius 2 is 1.89 bits per heavy atom. The van der Waals surface area contributed by atoms with Crippen molar-refractivity contribution in [1.29, 1.82) is 0 Å². The summed E-state index contributed by atoms with van der Waals surface area (Å²) in [5.74, 6) is 0.248. The predicted octanol–water partition coefficient (Wildman–Crippen LogP) is 1.75. The fourth-order valence-corrected chi connectivity index (χ4v) is 3.37. The molecule has 1 aromatic carbocycles. The summed E-state index contributed by atoms with van der Waals surface area (Å²) in [6.45, 7) is 3.33. The van der Waals surface area contributed by atoms with Crippen LogP contribution in [-0.4, -0.2) is 59.6 Å². The number of hydrogen-bond donors (Lipinski definition) is 1. The van der Waals surface area contributed by atoms with E-state index >= 15 is 0 Å². The van der Waals surface area contributed by atoms with Gasteiger partial charge in [0.1, 0.15) is 0 Å². The summed E-state index contributed by atoms with van der Waals surface area (Å²) < 4.78 is 10.7. The SMILES string of the molecule is O=C(Nc1cccnc1Cl)C(=O)N1CCN(Cc2ccc3c(c2)OCO3)CC1. The maximum atomic E-state index is 12.4. The maximum absolute atomic E-state index is 12.4. The van der Waals surface area contributed by atoms with Gasteiger partial charge in [0.25, 0.3) is 0 Å². The molecule has 28 heavy (non-hydrogen) atoms. The van der Waals surface area contributed by atoms with Gasteiger partial charge in [-0.15, -0.1) is 0 Å². The van der Waals surface area contributed by atoms with E-state index in [0.717, 1.165) is 23.6 Å². The van der Waals surface area contributed by atoms with Gasteiger partial charge in [-0.3, -0.25) is 14.5 Å². The van der Waals surface area contributed by atoms with Crippen molar-refractivity contribution in [2.75, 3.05) is 38.3 Å². The lowest BCUT2D eigenvalue weighted by Crippen LogP contribution is -2.51. The summed E-state index contributed by atoms with van der Waals surface area (Å²) in [5, 5.41) is 2.67. The normalized spacial score (nSPS) is 16.1. The molecule has 0 bridgehead atoms. The molecule has 0 radical (unpaired) electrons. The van der Waals surface area contributed by atoms with Crippen LogP contribution in [0, 0.1) is 0 Å². The monoisotopic (exact) mass is 402 g/mol. The van der Waals surface area contributed by atoms with Crippen LogP contribution < -0.4 is 14.8 Å². The van der Waals surface area contributed by atoms with Crippen LogP contribution in [0.1, 0.15) is 5.56 Å². The first-order valence-electron chi connectivity index (χ1n) is 8.92. The molecule has 2 aromatic rings. The number of benzene rings is 1. The van der Waals surface area contributed by atoms with E-state index in [-0.39, 0.29) is 11.9 Å². The third-order valence-corrected chi connectivity index (χ3v) is 5.01. The molecule has 1 fully saturated rings. The fraction of sp³-hybridized carbons (Fsp3) is 0.316. The van der Waals surface area contributed by atoms with Crippen LogP contribution in [0.2, 0.25) is 5.15 Å². The van der Waals surface area contributed by atoms with Crippen LogP contribution in [-0.2, 0) is 16.1 Å². The average Bonchev–Trinajstić information content (AvgIpc) is 3.17. The van der Waals surface area contributed by atoms with Crippen molar-refractivity contribution >= 4 is 29.1 Å². The van der Waals surface area contributed by atoms with Gasteiger partial charge in [0.15, 0.2) is 16.7 Å². The number of aromatic nitrogens is 1.